The number of aryl methyl sites for hydroxylation is 2. The van der Waals surface area contributed by atoms with Crippen LogP contribution in [0.5, 0.6) is 0 Å². The van der Waals surface area contributed by atoms with Gasteiger partial charge in [-0.3, -0.25) is 4.90 Å². The van der Waals surface area contributed by atoms with E-state index in [0.29, 0.717) is 23.3 Å². The van der Waals surface area contributed by atoms with Crippen molar-refractivity contribution >= 4 is 23.2 Å². The topological polar surface area (TPSA) is 71.3 Å². The molecule has 0 spiro atoms. The molecule has 1 unspecified atom stereocenters. The Morgan fingerprint density at radius 2 is 1.69 bits per heavy atom. The second-order valence-electron chi connectivity index (χ2n) is 8.96. The first-order chi connectivity index (χ1) is 17.5. The van der Waals surface area contributed by atoms with Crippen LogP contribution in [0, 0.1) is 6.92 Å². The zero-order chi connectivity index (χ0) is 25.1. The first kappa shape index (κ1) is 23.8. The van der Waals surface area contributed by atoms with Crippen LogP contribution < -0.4 is 5.32 Å². The number of carbonyl (C=O) groups excluding carboxylic acids is 1. The molecule has 4 aromatic rings. The van der Waals surface area contributed by atoms with Gasteiger partial charge in [-0.1, -0.05) is 89.1 Å². The van der Waals surface area contributed by atoms with Crippen LogP contribution in [0.25, 0.3) is 17.0 Å². The lowest BCUT2D eigenvalue weighted by Crippen LogP contribution is -2.46. The molecule has 0 radical (unpaired) electrons. The van der Waals surface area contributed by atoms with Crippen LogP contribution in [-0.2, 0) is 6.42 Å². The predicted molar refractivity (Wildman–Crippen MR) is 141 cm³/mol. The highest BCUT2D eigenvalue weighted by Gasteiger charge is 2.35. The van der Waals surface area contributed by atoms with Crippen LogP contribution in [0.1, 0.15) is 42.0 Å². The van der Waals surface area contributed by atoms with Gasteiger partial charge in [-0.2, -0.15) is 4.98 Å². The van der Waals surface area contributed by atoms with Crippen molar-refractivity contribution in [2.45, 2.75) is 32.7 Å². The molecule has 1 N–H and O–H groups in total. The molecule has 0 saturated carbocycles. The molecule has 0 bridgehead atoms. The second-order valence-corrected chi connectivity index (χ2v) is 9.40. The van der Waals surface area contributed by atoms with Gasteiger partial charge in [-0.25, -0.2) is 4.79 Å². The molecular weight excluding hydrogens is 472 g/mol. The fourth-order valence-corrected chi connectivity index (χ4v) is 4.60. The molecule has 2 amide bonds. The smallest absolute Gasteiger partial charge is 0.322 e. The fourth-order valence-electron chi connectivity index (χ4n) is 4.47. The number of nitrogens with zero attached hydrogens (tertiary/aromatic N) is 3. The molecule has 1 aliphatic rings. The molecule has 0 fully saturated rings. The van der Waals surface area contributed by atoms with Crippen molar-refractivity contribution in [3.05, 3.63) is 112 Å². The minimum absolute atomic E-state index is 0.150. The van der Waals surface area contributed by atoms with E-state index < -0.39 is 6.04 Å². The van der Waals surface area contributed by atoms with Crippen molar-refractivity contribution < 1.29 is 9.32 Å². The van der Waals surface area contributed by atoms with Crippen molar-refractivity contribution in [3.63, 3.8) is 0 Å². The Kier molecular flexibility index (Phi) is 6.87. The molecule has 6 nitrogen and oxygen atoms in total. The van der Waals surface area contributed by atoms with Gasteiger partial charge in [0.05, 0.1) is 11.6 Å². The van der Waals surface area contributed by atoms with Crippen molar-refractivity contribution in [2.75, 3.05) is 6.54 Å². The van der Waals surface area contributed by atoms with Crippen molar-refractivity contribution in [1.82, 2.24) is 20.4 Å². The molecule has 2 heterocycles. The lowest BCUT2D eigenvalue weighted by Gasteiger charge is -2.35. The van der Waals surface area contributed by atoms with Crippen LogP contribution in [0.4, 0.5) is 4.79 Å². The van der Waals surface area contributed by atoms with E-state index in [4.69, 9.17) is 21.1 Å². The summed E-state index contributed by atoms with van der Waals surface area (Å²) in [5, 5.41) is 8.02. The van der Waals surface area contributed by atoms with Crippen LogP contribution in [0.15, 0.2) is 89.1 Å². The van der Waals surface area contributed by atoms with E-state index >= 15 is 0 Å². The summed E-state index contributed by atoms with van der Waals surface area (Å²) in [6.45, 7) is 4.55. The number of halogens is 1. The van der Waals surface area contributed by atoms with Gasteiger partial charge < -0.3 is 9.84 Å². The molecule has 1 aliphatic heterocycles. The van der Waals surface area contributed by atoms with Gasteiger partial charge in [-0.15, -0.1) is 0 Å². The lowest BCUT2D eigenvalue weighted by atomic mass is 9.94. The number of nitrogens with one attached hydrogen (secondary N) is 1. The largest absolute Gasteiger partial charge is 0.334 e. The molecule has 1 aromatic heterocycles. The summed E-state index contributed by atoms with van der Waals surface area (Å²) in [6, 6.07) is 25.1. The molecule has 3 aromatic carbocycles. The van der Waals surface area contributed by atoms with Crippen LogP contribution in [0.2, 0.25) is 5.02 Å². The van der Waals surface area contributed by atoms with Crippen LogP contribution in [-0.4, -0.2) is 27.6 Å². The van der Waals surface area contributed by atoms with Gasteiger partial charge in [0.25, 0.3) is 5.89 Å². The number of rotatable bonds is 7. The Morgan fingerprint density at radius 3 is 2.42 bits per heavy atom. The maximum absolute atomic E-state index is 13.2. The summed E-state index contributed by atoms with van der Waals surface area (Å²) in [7, 11) is 0. The van der Waals surface area contributed by atoms with E-state index in [9.17, 15) is 4.79 Å². The number of aromatic nitrogens is 2. The van der Waals surface area contributed by atoms with Crippen LogP contribution >= 0.6 is 11.6 Å². The number of amides is 2. The number of hydrogen-bond donors (Lipinski definition) is 1. The molecule has 182 valence electrons. The van der Waals surface area contributed by atoms with Gasteiger partial charge in [0.2, 0.25) is 5.82 Å². The number of urea groups is 1. The van der Waals surface area contributed by atoms with Gasteiger partial charge >= 0.3 is 6.03 Å². The zero-order valence-electron chi connectivity index (χ0n) is 20.2. The average Bonchev–Trinajstić information content (AvgIpc) is 3.37. The van der Waals surface area contributed by atoms with E-state index in [0.717, 1.165) is 40.8 Å². The maximum atomic E-state index is 13.2. The lowest BCUT2D eigenvalue weighted by molar-refractivity contribution is 0.204. The van der Waals surface area contributed by atoms with Crippen molar-refractivity contribution in [3.8, 4) is 11.4 Å². The van der Waals surface area contributed by atoms with Crippen molar-refractivity contribution in [1.29, 1.82) is 0 Å². The molecule has 0 aliphatic carbocycles. The minimum atomic E-state index is -0.438. The van der Waals surface area contributed by atoms with E-state index in [1.807, 2.05) is 80.6 Å². The quantitative estimate of drug-likeness (QED) is 0.303. The Hall–Kier alpha value is -3.90. The van der Waals surface area contributed by atoms with Gasteiger partial charge in [0, 0.05) is 22.8 Å². The Bertz CT molecular complexity index is 1380. The normalized spacial score (nSPS) is 15.8. The van der Waals surface area contributed by atoms with Gasteiger partial charge in [0.15, 0.2) is 0 Å². The highest BCUT2D eigenvalue weighted by atomic mass is 35.5. The fraction of sp³-hybridized carbons (Fsp3) is 0.207. The second kappa shape index (κ2) is 10.4. The zero-order valence-corrected chi connectivity index (χ0v) is 21.0. The molecule has 5 rings (SSSR count). The minimum Gasteiger partial charge on any atom is -0.334 e. The molecule has 36 heavy (non-hydrogen) atoms. The standard InChI is InChI=1S/C29H27ClN4O2/c1-19-10-12-23(13-11-19)27-32-28(36-33-27)25-20(2)34(18-6-9-21-7-4-3-5-8-21)29(35)31-26(25)22-14-16-24(30)17-15-22/h3-5,7-8,10-17,26H,6,9,18H2,1-2H3,(H,31,35). The maximum Gasteiger partial charge on any atom is 0.322 e. The number of benzene rings is 3. The monoisotopic (exact) mass is 498 g/mol. The Labute approximate surface area is 215 Å². The van der Waals surface area contributed by atoms with Gasteiger partial charge in [0.1, 0.15) is 0 Å². The molecule has 7 heteroatoms. The number of carbonyl (C=O) groups is 1. The molecular formula is C29H27ClN4O2. The summed E-state index contributed by atoms with van der Waals surface area (Å²) < 4.78 is 5.77. The van der Waals surface area contributed by atoms with E-state index in [1.54, 1.807) is 4.90 Å². The van der Waals surface area contributed by atoms with Crippen LogP contribution in [0.3, 0.4) is 0 Å². The highest BCUT2D eigenvalue weighted by molar-refractivity contribution is 6.30. The molecule has 1 atom stereocenters. The summed E-state index contributed by atoms with van der Waals surface area (Å²) in [6.07, 6.45) is 1.71. The average molecular weight is 499 g/mol. The van der Waals surface area contributed by atoms with E-state index in [1.165, 1.54) is 5.56 Å². The third-order valence-corrected chi connectivity index (χ3v) is 6.71. The number of hydrogen-bond acceptors (Lipinski definition) is 4. The van der Waals surface area contributed by atoms with Crippen molar-refractivity contribution in [2.24, 2.45) is 0 Å². The Morgan fingerprint density at radius 1 is 0.972 bits per heavy atom. The first-order valence-corrected chi connectivity index (χ1v) is 12.4. The highest BCUT2D eigenvalue weighted by Crippen LogP contribution is 2.37. The summed E-state index contributed by atoms with van der Waals surface area (Å²) >= 11 is 6.13. The number of allylic oxidation sites excluding steroid dienone is 1. The third kappa shape index (κ3) is 5.04. The van der Waals surface area contributed by atoms with E-state index in [2.05, 4.69) is 22.6 Å². The SMILES string of the molecule is CC1=C(c2nc(-c3ccc(C)cc3)no2)C(c2ccc(Cl)cc2)NC(=O)N1CCCc1ccccc1. The summed E-state index contributed by atoms with van der Waals surface area (Å²) in [5.41, 5.74) is 5.74. The Balaban J connectivity index is 1.49. The third-order valence-electron chi connectivity index (χ3n) is 6.46. The summed E-state index contributed by atoms with van der Waals surface area (Å²) in [4.78, 5) is 19.7. The van der Waals surface area contributed by atoms with E-state index in [-0.39, 0.29) is 6.03 Å². The van der Waals surface area contributed by atoms with Gasteiger partial charge in [-0.05, 0) is 49.9 Å². The molecule has 0 saturated heterocycles. The first-order valence-electron chi connectivity index (χ1n) is 12.0. The predicted octanol–water partition coefficient (Wildman–Crippen LogP) is 6.83. The summed E-state index contributed by atoms with van der Waals surface area (Å²) in [5.74, 6) is 0.892.